The number of hydrogen-bond acceptors (Lipinski definition) is 1. The predicted molar refractivity (Wildman–Crippen MR) is 91.0 cm³/mol. The van der Waals surface area contributed by atoms with Crippen molar-refractivity contribution in [3.63, 3.8) is 0 Å². The van der Waals surface area contributed by atoms with Gasteiger partial charge in [-0.2, -0.15) is 0 Å². The molecule has 112 valence electrons. The van der Waals surface area contributed by atoms with Gasteiger partial charge in [0.1, 0.15) is 0 Å². The van der Waals surface area contributed by atoms with Crippen molar-refractivity contribution in [2.75, 3.05) is 11.9 Å². The number of nitrogens with zero attached hydrogens (tertiary/aromatic N) is 1. The highest BCUT2D eigenvalue weighted by atomic mass is 16.2. The summed E-state index contributed by atoms with van der Waals surface area (Å²) in [6.45, 7) is 6.34. The minimum absolute atomic E-state index is 0.0245. The maximum atomic E-state index is 12.3. The lowest BCUT2D eigenvalue weighted by Crippen LogP contribution is -2.26. The summed E-state index contributed by atoms with van der Waals surface area (Å²) in [5.74, 6) is 0.0245. The van der Waals surface area contributed by atoms with Gasteiger partial charge in [-0.1, -0.05) is 57.5 Å². The molecule has 1 amide bonds. The molecule has 0 fully saturated rings. The summed E-state index contributed by atoms with van der Waals surface area (Å²) in [6.07, 6.45) is 2.19. The van der Waals surface area contributed by atoms with Gasteiger partial charge in [-0.3, -0.25) is 4.79 Å². The summed E-state index contributed by atoms with van der Waals surface area (Å²) < 4.78 is 0. The highest BCUT2D eigenvalue weighted by molar-refractivity contribution is 6.05. The molecule has 0 saturated heterocycles. The Bertz CT molecular complexity index is 549. The zero-order valence-corrected chi connectivity index (χ0v) is 13.5. The van der Waals surface area contributed by atoms with Gasteiger partial charge in [0.15, 0.2) is 0 Å². The third-order valence-corrected chi connectivity index (χ3v) is 3.03. The first kappa shape index (κ1) is 17.0. The van der Waals surface area contributed by atoms with E-state index in [9.17, 15) is 4.79 Å². The van der Waals surface area contributed by atoms with Crippen molar-refractivity contribution in [1.29, 1.82) is 0 Å². The minimum Gasteiger partial charge on any atom is -0.311 e. The van der Waals surface area contributed by atoms with Gasteiger partial charge in [-0.05, 0) is 36.2 Å². The Balaban J connectivity index is 0.000000677. The van der Waals surface area contributed by atoms with E-state index in [1.54, 1.807) is 11.9 Å². The Labute approximate surface area is 128 Å². The van der Waals surface area contributed by atoms with Crippen LogP contribution < -0.4 is 4.90 Å². The summed E-state index contributed by atoms with van der Waals surface area (Å²) in [6, 6.07) is 17.5. The van der Waals surface area contributed by atoms with E-state index in [0.29, 0.717) is 0 Å². The van der Waals surface area contributed by atoms with E-state index in [0.717, 1.165) is 17.7 Å². The van der Waals surface area contributed by atoms with E-state index in [4.69, 9.17) is 0 Å². The van der Waals surface area contributed by atoms with E-state index in [1.165, 1.54) is 12.0 Å². The van der Waals surface area contributed by atoms with Crippen LogP contribution in [0.15, 0.2) is 54.6 Å². The number of aryl methyl sites for hydroxylation is 1. The topological polar surface area (TPSA) is 20.3 Å². The highest BCUT2D eigenvalue weighted by Gasteiger charge is 2.12. The third kappa shape index (κ3) is 5.07. The Kier molecular flexibility index (Phi) is 7.24. The average Bonchev–Trinajstić information content (AvgIpc) is 2.55. The fourth-order valence-corrected chi connectivity index (χ4v) is 1.89. The SMILES string of the molecule is CCC.CCc1cccc(C(=O)N(C)c2ccccc2)c1. The Morgan fingerprint density at radius 2 is 1.57 bits per heavy atom. The molecule has 2 nitrogen and oxygen atoms in total. The first-order chi connectivity index (χ1) is 10.1. The van der Waals surface area contributed by atoms with Crippen LogP contribution in [0, 0.1) is 0 Å². The monoisotopic (exact) mass is 283 g/mol. The summed E-state index contributed by atoms with van der Waals surface area (Å²) in [4.78, 5) is 14.0. The normalized spacial score (nSPS) is 9.52. The van der Waals surface area contributed by atoms with Gasteiger partial charge in [0, 0.05) is 18.3 Å². The van der Waals surface area contributed by atoms with Crippen molar-refractivity contribution in [1.82, 2.24) is 0 Å². The number of hydrogen-bond donors (Lipinski definition) is 0. The van der Waals surface area contributed by atoms with Crippen LogP contribution in [0.4, 0.5) is 5.69 Å². The molecule has 0 N–H and O–H groups in total. The zero-order valence-electron chi connectivity index (χ0n) is 13.5. The van der Waals surface area contributed by atoms with Gasteiger partial charge in [-0.15, -0.1) is 0 Å². The van der Waals surface area contributed by atoms with E-state index in [2.05, 4.69) is 20.8 Å². The Morgan fingerprint density at radius 3 is 2.14 bits per heavy atom. The van der Waals surface area contributed by atoms with Crippen molar-refractivity contribution in [2.24, 2.45) is 0 Å². The zero-order chi connectivity index (χ0) is 15.7. The minimum atomic E-state index is 0.0245. The van der Waals surface area contributed by atoms with Crippen molar-refractivity contribution in [3.8, 4) is 0 Å². The van der Waals surface area contributed by atoms with Crippen molar-refractivity contribution >= 4 is 11.6 Å². The lowest BCUT2D eigenvalue weighted by Gasteiger charge is -2.17. The second kappa shape index (κ2) is 8.96. The van der Waals surface area contributed by atoms with Gasteiger partial charge < -0.3 is 4.90 Å². The van der Waals surface area contributed by atoms with Crippen LogP contribution >= 0.6 is 0 Å². The molecule has 2 rings (SSSR count). The molecule has 2 aromatic rings. The largest absolute Gasteiger partial charge is 0.311 e. The van der Waals surface area contributed by atoms with Gasteiger partial charge in [0.05, 0.1) is 0 Å². The number of carbonyl (C=O) groups excluding carboxylic acids is 1. The summed E-state index contributed by atoms with van der Waals surface area (Å²) in [5, 5.41) is 0. The van der Waals surface area contributed by atoms with Crippen LogP contribution in [-0.2, 0) is 6.42 Å². The Morgan fingerprint density at radius 1 is 0.952 bits per heavy atom. The first-order valence-electron chi connectivity index (χ1n) is 7.56. The molecule has 0 bridgehead atoms. The molecule has 0 radical (unpaired) electrons. The van der Waals surface area contributed by atoms with Crippen LogP contribution in [0.25, 0.3) is 0 Å². The summed E-state index contributed by atoms with van der Waals surface area (Å²) in [5.41, 5.74) is 2.83. The van der Waals surface area contributed by atoms with Crippen LogP contribution in [0.5, 0.6) is 0 Å². The summed E-state index contributed by atoms with van der Waals surface area (Å²) >= 11 is 0. The molecule has 0 aliphatic carbocycles. The number of anilines is 1. The lowest BCUT2D eigenvalue weighted by molar-refractivity contribution is 0.0993. The van der Waals surface area contributed by atoms with Crippen molar-refractivity contribution in [3.05, 3.63) is 65.7 Å². The molecule has 0 spiro atoms. The molecule has 0 atom stereocenters. The number of para-hydroxylation sites is 1. The fraction of sp³-hybridized carbons (Fsp3) is 0.316. The van der Waals surface area contributed by atoms with Crippen LogP contribution in [0.3, 0.4) is 0 Å². The summed E-state index contributed by atoms with van der Waals surface area (Å²) in [7, 11) is 1.80. The maximum absolute atomic E-state index is 12.3. The van der Waals surface area contributed by atoms with Gasteiger partial charge in [-0.25, -0.2) is 0 Å². The van der Waals surface area contributed by atoms with E-state index in [-0.39, 0.29) is 5.91 Å². The maximum Gasteiger partial charge on any atom is 0.258 e. The molecule has 0 saturated carbocycles. The van der Waals surface area contributed by atoms with Crippen LogP contribution in [0.2, 0.25) is 0 Å². The van der Waals surface area contributed by atoms with Crippen LogP contribution in [0.1, 0.15) is 43.1 Å². The fourth-order valence-electron chi connectivity index (χ4n) is 1.89. The van der Waals surface area contributed by atoms with Crippen molar-refractivity contribution < 1.29 is 4.79 Å². The predicted octanol–water partition coefficient (Wildman–Crippen LogP) is 4.94. The molecular weight excluding hydrogens is 258 g/mol. The standard InChI is InChI=1S/C16H17NO.C3H8/c1-3-13-8-7-9-14(12-13)16(18)17(2)15-10-5-4-6-11-15;1-3-2/h4-12H,3H2,1-2H3;3H2,1-2H3. The second-order valence-corrected chi connectivity index (χ2v) is 4.96. The molecule has 2 heteroatoms. The number of amides is 1. The number of benzene rings is 2. The van der Waals surface area contributed by atoms with Crippen molar-refractivity contribution in [2.45, 2.75) is 33.6 Å². The van der Waals surface area contributed by atoms with E-state index < -0.39 is 0 Å². The molecular formula is C19H25NO. The van der Waals surface area contributed by atoms with Crippen LogP contribution in [-0.4, -0.2) is 13.0 Å². The van der Waals surface area contributed by atoms with E-state index in [1.807, 2.05) is 54.6 Å². The molecule has 0 aliphatic heterocycles. The van der Waals surface area contributed by atoms with Gasteiger partial charge in [0.25, 0.3) is 5.91 Å². The molecule has 21 heavy (non-hydrogen) atoms. The van der Waals surface area contributed by atoms with Gasteiger partial charge >= 0.3 is 0 Å². The molecule has 0 aromatic heterocycles. The highest BCUT2D eigenvalue weighted by Crippen LogP contribution is 2.15. The number of rotatable bonds is 3. The lowest BCUT2D eigenvalue weighted by atomic mass is 10.1. The van der Waals surface area contributed by atoms with E-state index >= 15 is 0 Å². The molecule has 0 heterocycles. The van der Waals surface area contributed by atoms with Gasteiger partial charge in [0.2, 0.25) is 0 Å². The number of carbonyl (C=O) groups is 1. The molecule has 2 aromatic carbocycles. The molecule has 0 aliphatic rings. The molecule has 0 unspecified atom stereocenters. The first-order valence-corrected chi connectivity index (χ1v) is 7.56. The quantitative estimate of drug-likeness (QED) is 0.781. The smallest absolute Gasteiger partial charge is 0.258 e. The Hall–Kier alpha value is -2.09. The third-order valence-electron chi connectivity index (χ3n) is 3.03. The average molecular weight is 283 g/mol. The second-order valence-electron chi connectivity index (χ2n) is 4.96.